The maximum Gasteiger partial charge on any atom is 0.337 e. The van der Waals surface area contributed by atoms with Crippen molar-refractivity contribution in [2.24, 2.45) is 0 Å². The van der Waals surface area contributed by atoms with Crippen LogP contribution in [0.1, 0.15) is 10.4 Å². The predicted octanol–water partition coefficient (Wildman–Crippen LogP) is 2.52. The van der Waals surface area contributed by atoms with Crippen LogP contribution in [0.3, 0.4) is 0 Å². The summed E-state index contributed by atoms with van der Waals surface area (Å²) in [5.41, 5.74) is 0.901. The number of carbonyl (C=O) groups is 1. The van der Waals surface area contributed by atoms with E-state index < -0.39 is 5.97 Å². The summed E-state index contributed by atoms with van der Waals surface area (Å²) in [5.74, 6) is -1.01. The number of H-pyrrole nitrogens is 1. The molecule has 1 aromatic carbocycles. The van der Waals surface area contributed by atoms with Crippen LogP contribution < -0.4 is 0 Å². The number of hydrogen-bond donors (Lipinski definition) is 2. The van der Waals surface area contributed by atoms with Crippen LogP contribution in [-0.2, 0) is 0 Å². The predicted molar refractivity (Wildman–Crippen MR) is 50.3 cm³/mol. The van der Waals surface area contributed by atoms with E-state index in [2.05, 4.69) is 4.98 Å². The molecule has 1 aromatic heterocycles. The van der Waals surface area contributed by atoms with E-state index in [4.69, 9.17) is 16.7 Å². The average Bonchev–Trinajstić information content (AvgIpc) is 2.48. The van der Waals surface area contributed by atoms with Crippen molar-refractivity contribution in [1.29, 1.82) is 0 Å². The Morgan fingerprint density at radius 3 is 2.92 bits per heavy atom. The second kappa shape index (κ2) is 2.78. The van der Waals surface area contributed by atoms with E-state index in [0.717, 1.165) is 10.9 Å². The molecule has 2 N–H and O–H groups in total. The Morgan fingerprint density at radius 2 is 2.23 bits per heavy atom. The molecule has 66 valence electrons. The van der Waals surface area contributed by atoms with E-state index in [9.17, 15) is 4.79 Å². The third kappa shape index (κ3) is 1.27. The van der Waals surface area contributed by atoms with Gasteiger partial charge in [0.2, 0.25) is 0 Å². The van der Waals surface area contributed by atoms with Gasteiger partial charge in [-0.05, 0) is 18.2 Å². The largest absolute Gasteiger partial charge is 0.478 e. The lowest BCUT2D eigenvalue weighted by atomic mass is 10.1. The number of hydrogen-bond acceptors (Lipinski definition) is 1. The SMILES string of the molecule is O=C(O)c1cc2[nH]ccc2cc1Cl. The molecule has 13 heavy (non-hydrogen) atoms. The van der Waals surface area contributed by atoms with Gasteiger partial charge in [-0.25, -0.2) is 4.79 Å². The first-order valence-electron chi connectivity index (χ1n) is 3.68. The number of nitrogens with one attached hydrogen (secondary N) is 1. The third-order valence-corrected chi connectivity index (χ3v) is 2.18. The van der Waals surface area contributed by atoms with Gasteiger partial charge in [0, 0.05) is 17.1 Å². The number of carboxylic acid groups (broad SMARTS) is 1. The lowest BCUT2D eigenvalue weighted by Gasteiger charge is -1.98. The Kier molecular flexibility index (Phi) is 1.74. The Labute approximate surface area is 78.9 Å². The molecule has 0 fully saturated rings. The van der Waals surface area contributed by atoms with E-state index in [1.165, 1.54) is 6.07 Å². The fraction of sp³-hybridized carbons (Fsp3) is 0. The zero-order valence-electron chi connectivity index (χ0n) is 6.54. The van der Waals surface area contributed by atoms with Gasteiger partial charge in [-0.15, -0.1) is 0 Å². The van der Waals surface area contributed by atoms with Crippen LogP contribution in [0.4, 0.5) is 0 Å². The van der Waals surface area contributed by atoms with Gasteiger partial charge < -0.3 is 10.1 Å². The van der Waals surface area contributed by atoms with Gasteiger partial charge in [0.1, 0.15) is 0 Å². The van der Waals surface area contributed by atoms with Crippen LogP contribution in [0, 0.1) is 0 Å². The standard InChI is InChI=1S/C9H6ClNO2/c10-7-3-5-1-2-11-8(5)4-6(7)9(12)13/h1-4,11H,(H,12,13). The molecule has 0 saturated heterocycles. The van der Waals surface area contributed by atoms with Crippen LogP contribution in [0.2, 0.25) is 5.02 Å². The van der Waals surface area contributed by atoms with Crippen molar-refractivity contribution in [3.63, 3.8) is 0 Å². The molecular formula is C9H6ClNO2. The Morgan fingerprint density at radius 1 is 1.46 bits per heavy atom. The number of rotatable bonds is 1. The molecule has 2 aromatic rings. The number of fused-ring (bicyclic) bond motifs is 1. The van der Waals surface area contributed by atoms with E-state index >= 15 is 0 Å². The Hall–Kier alpha value is -1.48. The second-order valence-corrected chi connectivity index (χ2v) is 3.11. The molecule has 0 aliphatic heterocycles. The van der Waals surface area contributed by atoms with Crippen molar-refractivity contribution in [3.8, 4) is 0 Å². The van der Waals surface area contributed by atoms with E-state index in [0.29, 0.717) is 0 Å². The lowest BCUT2D eigenvalue weighted by Crippen LogP contribution is -1.96. The third-order valence-electron chi connectivity index (χ3n) is 1.87. The molecule has 0 aliphatic rings. The van der Waals surface area contributed by atoms with Gasteiger partial charge >= 0.3 is 5.97 Å². The van der Waals surface area contributed by atoms with Crippen molar-refractivity contribution >= 4 is 28.5 Å². The first kappa shape index (κ1) is 8.13. The van der Waals surface area contributed by atoms with Crippen molar-refractivity contribution < 1.29 is 9.90 Å². The highest BCUT2D eigenvalue weighted by atomic mass is 35.5. The highest BCUT2D eigenvalue weighted by Crippen LogP contribution is 2.22. The Bertz CT molecular complexity index is 475. The van der Waals surface area contributed by atoms with Crippen LogP contribution in [0.15, 0.2) is 24.4 Å². The smallest absolute Gasteiger partial charge is 0.337 e. The van der Waals surface area contributed by atoms with E-state index in [1.807, 2.05) is 6.07 Å². The van der Waals surface area contributed by atoms with Gasteiger partial charge in [0.15, 0.2) is 0 Å². The molecule has 1 heterocycles. The van der Waals surface area contributed by atoms with Gasteiger partial charge in [0.25, 0.3) is 0 Å². The minimum absolute atomic E-state index is 0.122. The van der Waals surface area contributed by atoms with Crippen LogP contribution >= 0.6 is 11.6 Å². The van der Waals surface area contributed by atoms with E-state index in [1.54, 1.807) is 12.3 Å². The monoisotopic (exact) mass is 195 g/mol. The minimum Gasteiger partial charge on any atom is -0.478 e. The van der Waals surface area contributed by atoms with E-state index in [-0.39, 0.29) is 10.6 Å². The molecule has 0 amide bonds. The summed E-state index contributed by atoms with van der Waals surface area (Å²) in [5, 5.41) is 9.94. The molecule has 0 atom stereocenters. The fourth-order valence-electron chi connectivity index (χ4n) is 1.24. The van der Waals surface area contributed by atoms with Crippen molar-refractivity contribution in [1.82, 2.24) is 4.98 Å². The number of benzene rings is 1. The molecule has 0 unspecified atom stereocenters. The second-order valence-electron chi connectivity index (χ2n) is 2.70. The maximum atomic E-state index is 10.7. The summed E-state index contributed by atoms with van der Waals surface area (Å²) in [6.07, 6.45) is 1.74. The first-order chi connectivity index (χ1) is 6.18. The molecular weight excluding hydrogens is 190 g/mol. The number of aromatic carboxylic acids is 1. The number of aromatic nitrogens is 1. The van der Waals surface area contributed by atoms with Gasteiger partial charge in [0.05, 0.1) is 10.6 Å². The summed E-state index contributed by atoms with van der Waals surface area (Å²) in [7, 11) is 0. The molecule has 0 aliphatic carbocycles. The summed E-state index contributed by atoms with van der Waals surface area (Å²) >= 11 is 5.76. The molecule has 0 radical (unpaired) electrons. The maximum absolute atomic E-state index is 10.7. The number of aromatic amines is 1. The Balaban J connectivity index is 2.76. The van der Waals surface area contributed by atoms with Gasteiger partial charge in [-0.3, -0.25) is 0 Å². The van der Waals surface area contributed by atoms with Crippen molar-refractivity contribution in [2.45, 2.75) is 0 Å². The highest BCUT2D eigenvalue weighted by Gasteiger charge is 2.09. The summed E-state index contributed by atoms with van der Waals surface area (Å²) in [4.78, 5) is 13.6. The summed E-state index contributed by atoms with van der Waals surface area (Å²) < 4.78 is 0. The van der Waals surface area contributed by atoms with Crippen molar-refractivity contribution in [3.05, 3.63) is 35.0 Å². The normalized spacial score (nSPS) is 10.5. The zero-order chi connectivity index (χ0) is 9.42. The molecule has 0 saturated carbocycles. The summed E-state index contributed by atoms with van der Waals surface area (Å²) in [6.45, 7) is 0. The molecule has 0 bridgehead atoms. The summed E-state index contributed by atoms with van der Waals surface area (Å²) in [6, 6.07) is 5.00. The van der Waals surface area contributed by atoms with Crippen molar-refractivity contribution in [2.75, 3.05) is 0 Å². The van der Waals surface area contributed by atoms with Gasteiger partial charge in [-0.2, -0.15) is 0 Å². The van der Waals surface area contributed by atoms with Crippen LogP contribution in [0.25, 0.3) is 10.9 Å². The van der Waals surface area contributed by atoms with Gasteiger partial charge in [-0.1, -0.05) is 11.6 Å². The fourth-order valence-corrected chi connectivity index (χ4v) is 1.49. The molecule has 3 nitrogen and oxygen atoms in total. The number of carboxylic acids is 1. The van der Waals surface area contributed by atoms with Crippen LogP contribution in [-0.4, -0.2) is 16.1 Å². The first-order valence-corrected chi connectivity index (χ1v) is 4.06. The molecule has 2 rings (SSSR count). The lowest BCUT2D eigenvalue weighted by molar-refractivity contribution is 0.0697. The zero-order valence-corrected chi connectivity index (χ0v) is 7.30. The average molecular weight is 196 g/mol. The minimum atomic E-state index is -1.01. The molecule has 4 heteroatoms. The number of halogens is 1. The highest BCUT2D eigenvalue weighted by molar-refractivity contribution is 6.34. The quantitative estimate of drug-likeness (QED) is 0.735. The topological polar surface area (TPSA) is 53.1 Å². The molecule has 0 spiro atoms. The van der Waals surface area contributed by atoms with Crippen LogP contribution in [0.5, 0.6) is 0 Å².